The van der Waals surface area contributed by atoms with Crippen molar-refractivity contribution in [3.05, 3.63) is 71.5 Å². The molecule has 1 fully saturated rings. The number of carbonyl (C=O) groups excluding carboxylic acids is 1. The van der Waals surface area contributed by atoms with Crippen LogP contribution in [0.3, 0.4) is 0 Å². The predicted octanol–water partition coefficient (Wildman–Crippen LogP) is 3.11. The molecule has 28 heavy (non-hydrogen) atoms. The van der Waals surface area contributed by atoms with Gasteiger partial charge in [-0.15, -0.1) is 5.10 Å². The van der Waals surface area contributed by atoms with E-state index in [4.69, 9.17) is 4.74 Å². The summed E-state index contributed by atoms with van der Waals surface area (Å²) in [6.07, 6.45) is 3.54. The molecule has 0 aliphatic carbocycles. The molecule has 1 atom stereocenters. The third-order valence-corrected chi connectivity index (χ3v) is 5.62. The van der Waals surface area contributed by atoms with Crippen LogP contribution in [0, 0.1) is 0 Å². The van der Waals surface area contributed by atoms with E-state index in [-0.39, 0.29) is 11.9 Å². The summed E-state index contributed by atoms with van der Waals surface area (Å²) < 4.78 is 7.17. The Labute approximate surface area is 163 Å². The van der Waals surface area contributed by atoms with E-state index in [0.29, 0.717) is 25.4 Å². The molecule has 3 heterocycles. The number of amides is 1. The number of rotatable bonds is 3. The van der Waals surface area contributed by atoms with Gasteiger partial charge in [-0.3, -0.25) is 4.79 Å². The van der Waals surface area contributed by atoms with Crippen molar-refractivity contribution in [3.63, 3.8) is 0 Å². The minimum Gasteiger partial charge on any atom is -0.379 e. The van der Waals surface area contributed by atoms with Crippen molar-refractivity contribution in [1.29, 1.82) is 0 Å². The fourth-order valence-electron chi connectivity index (χ4n) is 3.99. The molecule has 0 radical (unpaired) electrons. The highest BCUT2D eigenvalue weighted by Gasteiger charge is 2.26. The Morgan fingerprint density at radius 1 is 1.07 bits per heavy atom. The molecule has 2 aliphatic heterocycles. The van der Waals surface area contributed by atoms with Crippen LogP contribution in [0.5, 0.6) is 0 Å². The maximum atomic E-state index is 13.0. The molecular formula is C22H22N4O2. The molecule has 1 aromatic heterocycles. The molecule has 0 N–H and O–H groups in total. The monoisotopic (exact) mass is 374 g/mol. The van der Waals surface area contributed by atoms with Gasteiger partial charge in [-0.1, -0.05) is 47.7 Å². The van der Waals surface area contributed by atoms with E-state index in [9.17, 15) is 4.79 Å². The smallest absolute Gasteiger partial charge is 0.276 e. The van der Waals surface area contributed by atoms with E-state index in [1.807, 2.05) is 23.1 Å². The molecule has 3 aromatic rings. The summed E-state index contributed by atoms with van der Waals surface area (Å²) in [5, 5.41) is 8.27. The first kappa shape index (κ1) is 17.1. The van der Waals surface area contributed by atoms with Crippen LogP contribution in [0.4, 0.5) is 0 Å². The molecule has 0 spiro atoms. The highest BCUT2D eigenvalue weighted by molar-refractivity contribution is 5.92. The molecule has 6 nitrogen and oxygen atoms in total. The van der Waals surface area contributed by atoms with Crippen LogP contribution < -0.4 is 0 Å². The van der Waals surface area contributed by atoms with E-state index in [1.165, 1.54) is 22.3 Å². The van der Waals surface area contributed by atoms with E-state index in [1.54, 1.807) is 10.9 Å². The number of carbonyl (C=O) groups is 1. The van der Waals surface area contributed by atoms with Gasteiger partial charge in [0.15, 0.2) is 5.69 Å². The van der Waals surface area contributed by atoms with E-state index < -0.39 is 0 Å². The molecule has 2 aliphatic rings. The molecule has 0 saturated carbocycles. The molecule has 0 bridgehead atoms. The molecule has 0 unspecified atom stereocenters. The second-order valence-electron chi connectivity index (χ2n) is 7.43. The van der Waals surface area contributed by atoms with Crippen molar-refractivity contribution >= 4 is 5.91 Å². The summed E-state index contributed by atoms with van der Waals surface area (Å²) in [7, 11) is 0. The summed E-state index contributed by atoms with van der Waals surface area (Å²) >= 11 is 0. The van der Waals surface area contributed by atoms with Crippen LogP contribution in [-0.4, -0.2) is 45.6 Å². The quantitative estimate of drug-likeness (QED) is 0.707. The lowest BCUT2D eigenvalue weighted by Crippen LogP contribution is -2.36. The molecule has 1 saturated heterocycles. The van der Waals surface area contributed by atoms with Crippen LogP contribution in [0.25, 0.3) is 11.1 Å². The van der Waals surface area contributed by atoms with Crippen LogP contribution in [0.15, 0.2) is 54.7 Å². The van der Waals surface area contributed by atoms with Gasteiger partial charge in [-0.05, 0) is 41.2 Å². The van der Waals surface area contributed by atoms with Gasteiger partial charge < -0.3 is 9.64 Å². The van der Waals surface area contributed by atoms with Crippen molar-refractivity contribution in [3.8, 4) is 11.1 Å². The Hall–Kier alpha value is -2.99. The Morgan fingerprint density at radius 3 is 2.79 bits per heavy atom. The zero-order valence-electron chi connectivity index (χ0n) is 15.6. The molecule has 2 aromatic carbocycles. The van der Waals surface area contributed by atoms with Gasteiger partial charge in [0.25, 0.3) is 5.91 Å². The predicted molar refractivity (Wildman–Crippen MR) is 105 cm³/mol. The standard InChI is InChI=1S/C22H22N4O2/c27-22(21-14-26(24-23-21)20-9-11-28-15-20)25-10-8-17-6-7-18(12-19(17)13-25)16-4-2-1-3-5-16/h1-7,12,14,20H,8-11,13,15H2/t20-/m0/s1. The van der Waals surface area contributed by atoms with Crippen molar-refractivity contribution in [2.24, 2.45) is 0 Å². The number of nitrogens with zero attached hydrogens (tertiary/aromatic N) is 4. The average molecular weight is 374 g/mol. The van der Waals surface area contributed by atoms with Crippen molar-refractivity contribution in [2.45, 2.75) is 25.4 Å². The summed E-state index contributed by atoms with van der Waals surface area (Å²) in [6, 6.07) is 17.1. The molecule has 1 amide bonds. The van der Waals surface area contributed by atoms with Gasteiger partial charge >= 0.3 is 0 Å². The van der Waals surface area contributed by atoms with Gasteiger partial charge in [0.05, 0.1) is 18.8 Å². The zero-order chi connectivity index (χ0) is 18.9. The number of fused-ring (bicyclic) bond motifs is 1. The number of hydrogen-bond donors (Lipinski definition) is 0. The van der Waals surface area contributed by atoms with E-state index in [0.717, 1.165) is 19.4 Å². The second kappa shape index (κ2) is 7.20. The normalized spacial score (nSPS) is 18.9. The zero-order valence-corrected chi connectivity index (χ0v) is 15.6. The van der Waals surface area contributed by atoms with Crippen molar-refractivity contribution in [2.75, 3.05) is 19.8 Å². The molecular weight excluding hydrogens is 352 g/mol. The first-order chi connectivity index (χ1) is 13.8. The Bertz CT molecular complexity index is 993. The first-order valence-electron chi connectivity index (χ1n) is 9.74. The largest absolute Gasteiger partial charge is 0.379 e. The Kier molecular flexibility index (Phi) is 4.41. The van der Waals surface area contributed by atoms with Gasteiger partial charge in [-0.2, -0.15) is 0 Å². The highest BCUT2D eigenvalue weighted by Crippen LogP contribution is 2.27. The van der Waals surface area contributed by atoms with Gasteiger partial charge in [0.1, 0.15) is 0 Å². The minimum absolute atomic E-state index is 0.0547. The summed E-state index contributed by atoms with van der Waals surface area (Å²) in [6.45, 7) is 2.68. The summed E-state index contributed by atoms with van der Waals surface area (Å²) in [5.41, 5.74) is 5.30. The number of benzene rings is 2. The number of hydrogen-bond acceptors (Lipinski definition) is 4. The maximum Gasteiger partial charge on any atom is 0.276 e. The molecule has 6 heteroatoms. The maximum absolute atomic E-state index is 13.0. The Morgan fingerprint density at radius 2 is 1.96 bits per heavy atom. The third-order valence-electron chi connectivity index (χ3n) is 5.62. The minimum atomic E-state index is -0.0547. The van der Waals surface area contributed by atoms with E-state index in [2.05, 4.69) is 40.6 Å². The van der Waals surface area contributed by atoms with Crippen LogP contribution >= 0.6 is 0 Å². The summed E-state index contributed by atoms with van der Waals surface area (Å²) in [4.78, 5) is 14.8. The fourth-order valence-corrected chi connectivity index (χ4v) is 3.99. The highest BCUT2D eigenvalue weighted by atomic mass is 16.5. The summed E-state index contributed by atoms with van der Waals surface area (Å²) in [5.74, 6) is -0.0547. The molecule has 142 valence electrons. The lowest BCUT2D eigenvalue weighted by atomic mass is 9.94. The second-order valence-corrected chi connectivity index (χ2v) is 7.43. The SMILES string of the molecule is O=C(c1cn([C@H]2CCOC2)nn1)N1CCc2ccc(-c3ccccc3)cc2C1. The topological polar surface area (TPSA) is 60.3 Å². The number of ether oxygens (including phenoxy) is 1. The average Bonchev–Trinajstić information content (AvgIpc) is 3.45. The Balaban J connectivity index is 1.35. The number of aromatic nitrogens is 3. The molecule has 5 rings (SSSR count). The lowest BCUT2D eigenvalue weighted by Gasteiger charge is -2.28. The van der Waals surface area contributed by atoms with Gasteiger partial charge in [-0.25, -0.2) is 4.68 Å². The first-order valence-corrected chi connectivity index (χ1v) is 9.74. The van der Waals surface area contributed by atoms with Crippen LogP contribution in [0.1, 0.15) is 34.1 Å². The van der Waals surface area contributed by atoms with Crippen molar-refractivity contribution < 1.29 is 9.53 Å². The van der Waals surface area contributed by atoms with Crippen molar-refractivity contribution in [1.82, 2.24) is 19.9 Å². The lowest BCUT2D eigenvalue weighted by molar-refractivity contribution is 0.0728. The van der Waals surface area contributed by atoms with E-state index >= 15 is 0 Å². The van der Waals surface area contributed by atoms with Gasteiger partial charge in [0, 0.05) is 19.7 Å². The third kappa shape index (κ3) is 3.20. The fraction of sp³-hybridized carbons (Fsp3) is 0.318. The van der Waals surface area contributed by atoms with Gasteiger partial charge in [0.2, 0.25) is 0 Å². The van der Waals surface area contributed by atoms with Crippen LogP contribution in [-0.2, 0) is 17.7 Å². The van der Waals surface area contributed by atoms with Crippen LogP contribution in [0.2, 0.25) is 0 Å².